The molecule has 0 radical (unpaired) electrons. The van der Waals surface area contributed by atoms with Gasteiger partial charge in [0.2, 0.25) is 0 Å². The average Bonchev–Trinajstić information content (AvgIpc) is 2.40. The van der Waals surface area contributed by atoms with E-state index in [2.05, 4.69) is 15.5 Å². The molecule has 0 atom stereocenters. The van der Waals surface area contributed by atoms with E-state index >= 15 is 0 Å². The third kappa shape index (κ3) is 2.72. The summed E-state index contributed by atoms with van der Waals surface area (Å²) in [6, 6.07) is 8.23. The molecule has 0 spiro atoms. The number of nitrogens with zero attached hydrogens (tertiary/aromatic N) is 2. The Hall–Kier alpha value is -2.56. The number of benzene rings is 1. The van der Waals surface area contributed by atoms with Crippen molar-refractivity contribution >= 4 is 17.9 Å². The SMILES string of the molecule is O=Cc1cccc(NC(=O)c2ccnnc2)c1. The monoisotopic (exact) mass is 227 g/mol. The molecule has 1 amide bonds. The molecule has 0 unspecified atom stereocenters. The predicted octanol–water partition coefficient (Wildman–Crippen LogP) is 1.54. The summed E-state index contributed by atoms with van der Waals surface area (Å²) in [4.78, 5) is 22.3. The number of nitrogens with one attached hydrogen (secondary N) is 1. The second-order valence-electron chi connectivity index (χ2n) is 3.33. The van der Waals surface area contributed by atoms with Crippen LogP contribution in [-0.4, -0.2) is 22.4 Å². The first-order chi connectivity index (χ1) is 8.29. The predicted molar refractivity (Wildman–Crippen MR) is 61.8 cm³/mol. The normalized spacial score (nSPS) is 9.65. The Balaban J connectivity index is 2.16. The molecule has 0 bridgehead atoms. The first kappa shape index (κ1) is 10.9. The molecular weight excluding hydrogens is 218 g/mol. The van der Waals surface area contributed by atoms with Gasteiger partial charge in [-0.3, -0.25) is 9.59 Å². The Morgan fingerprint density at radius 1 is 1.24 bits per heavy atom. The van der Waals surface area contributed by atoms with E-state index in [1.54, 1.807) is 30.3 Å². The van der Waals surface area contributed by atoms with Crippen LogP contribution < -0.4 is 5.32 Å². The maximum atomic E-state index is 11.7. The molecule has 2 rings (SSSR count). The molecule has 84 valence electrons. The van der Waals surface area contributed by atoms with E-state index < -0.39 is 0 Å². The van der Waals surface area contributed by atoms with Crippen LogP contribution in [0.15, 0.2) is 42.7 Å². The Labute approximate surface area is 97.5 Å². The fourth-order valence-electron chi connectivity index (χ4n) is 1.32. The first-order valence-corrected chi connectivity index (χ1v) is 4.93. The van der Waals surface area contributed by atoms with Crippen LogP contribution in [0.25, 0.3) is 0 Å². The summed E-state index contributed by atoms with van der Waals surface area (Å²) in [5.74, 6) is -0.289. The van der Waals surface area contributed by atoms with E-state index in [1.807, 2.05) is 0 Å². The molecule has 0 aliphatic heterocycles. The first-order valence-electron chi connectivity index (χ1n) is 4.93. The molecule has 1 aromatic heterocycles. The van der Waals surface area contributed by atoms with Crippen molar-refractivity contribution in [3.05, 3.63) is 53.9 Å². The molecule has 1 heterocycles. The summed E-state index contributed by atoms with van der Waals surface area (Å²) in [6.45, 7) is 0. The van der Waals surface area contributed by atoms with Crippen molar-refractivity contribution in [3.63, 3.8) is 0 Å². The third-order valence-electron chi connectivity index (χ3n) is 2.13. The van der Waals surface area contributed by atoms with Crippen molar-refractivity contribution in [3.8, 4) is 0 Å². The van der Waals surface area contributed by atoms with Crippen LogP contribution in [0.4, 0.5) is 5.69 Å². The van der Waals surface area contributed by atoms with Crippen LogP contribution in [0.3, 0.4) is 0 Å². The maximum Gasteiger partial charge on any atom is 0.257 e. The van der Waals surface area contributed by atoms with Crippen LogP contribution in [-0.2, 0) is 0 Å². The van der Waals surface area contributed by atoms with Gasteiger partial charge >= 0.3 is 0 Å². The zero-order valence-corrected chi connectivity index (χ0v) is 8.83. The third-order valence-corrected chi connectivity index (χ3v) is 2.13. The minimum absolute atomic E-state index is 0.289. The molecule has 0 saturated heterocycles. The lowest BCUT2D eigenvalue weighted by atomic mass is 10.2. The van der Waals surface area contributed by atoms with Crippen LogP contribution in [0.5, 0.6) is 0 Å². The highest BCUT2D eigenvalue weighted by Gasteiger charge is 2.05. The number of carbonyl (C=O) groups excluding carboxylic acids is 2. The van der Waals surface area contributed by atoms with Gasteiger partial charge in [0.15, 0.2) is 0 Å². The fraction of sp³-hybridized carbons (Fsp3) is 0. The molecule has 0 aliphatic rings. The van der Waals surface area contributed by atoms with Crippen molar-refractivity contribution in [2.45, 2.75) is 0 Å². The average molecular weight is 227 g/mol. The van der Waals surface area contributed by atoms with Gasteiger partial charge in [-0.15, -0.1) is 0 Å². The van der Waals surface area contributed by atoms with E-state index in [0.717, 1.165) is 6.29 Å². The highest BCUT2D eigenvalue weighted by Crippen LogP contribution is 2.10. The highest BCUT2D eigenvalue weighted by molar-refractivity contribution is 6.04. The van der Waals surface area contributed by atoms with Gasteiger partial charge in [-0.25, -0.2) is 0 Å². The lowest BCUT2D eigenvalue weighted by Gasteiger charge is -2.04. The molecular formula is C12H9N3O2. The zero-order valence-electron chi connectivity index (χ0n) is 8.83. The zero-order chi connectivity index (χ0) is 12.1. The molecule has 1 N–H and O–H groups in total. The van der Waals surface area contributed by atoms with Gasteiger partial charge in [-0.1, -0.05) is 12.1 Å². The topological polar surface area (TPSA) is 72.0 Å². The number of amides is 1. The summed E-state index contributed by atoms with van der Waals surface area (Å²) < 4.78 is 0. The number of aromatic nitrogens is 2. The highest BCUT2D eigenvalue weighted by atomic mass is 16.1. The van der Waals surface area contributed by atoms with Crippen LogP contribution in [0.2, 0.25) is 0 Å². The molecule has 17 heavy (non-hydrogen) atoms. The molecule has 1 aromatic carbocycles. The summed E-state index contributed by atoms with van der Waals surface area (Å²) >= 11 is 0. The Bertz CT molecular complexity index is 540. The number of carbonyl (C=O) groups is 2. The van der Waals surface area contributed by atoms with Crippen molar-refractivity contribution in [2.24, 2.45) is 0 Å². The Kier molecular flexibility index (Phi) is 3.20. The molecule has 2 aromatic rings. The molecule has 0 aliphatic carbocycles. The van der Waals surface area contributed by atoms with Crippen molar-refractivity contribution in [1.29, 1.82) is 0 Å². The van der Waals surface area contributed by atoms with Crippen molar-refractivity contribution in [1.82, 2.24) is 10.2 Å². The standard InChI is InChI=1S/C12H9N3O2/c16-8-9-2-1-3-11(6-9)15-12(17)10-4-5-13-14-7-10/h1-8H,(H,15,17). The van der Waals surface area contributed by atoms with Crippen LogP contribution in [0.1, 0.15) is 20.7 Å². The summed E-state index contributed by atoms with van der Waals surface area (Å²) in [5, 5.41) is 9.87. The van der Waals surface area contributed by atoms with E-state index in [-0.39, 0.29) is 5.91 Å². The Morgan fingerprint density at radius 3 is 2.82 bits per heavy atom. The number of aldehydes is 1. The van der Waals surface area contributed by atoms with Crippen molar-refractivity contribution < 1.29 is 9.59 Å². The van der Waals surface area contributed by atoms with Gasteiger partial charge in [0.25, 0.3) is 5.91 Å². The lowest BCUT2D eigenvalue weighted by Crippen LogP contribution is -2.12. The quantitative estimate of drug-likeness (QED) is 0.807. The van der Waals surface area contributed by atoms with E-state index in [9.17, 15) is 9.59 Å². The fourth-order valence-corrected chi connectivity index (χ4v) is 1.32. The minimum Gasteiger partial charge on any atom is -0.322 e. The van der Waals surface area contributed by atoms with Crippen LogP contribution >= 0.6 is 0 Å². The van der Waals surface area contributed by atoms with Gasteiger partial charge in [-0.2, -0.15) is 10.2 Å². The van der Waals surface area contributed by atoms with Crippen LogP contribution in [0, 0.1) is 0 Å². The number of hydrogen-bond donors (Lipinski definition) is 1. The smallest absolute Gasteiger partial charge is 0.257 e. The molecule has 5 heteroatoms. The van der Waals surface area contributed by atoms with E-state index in [0.29, 0.717) is 16.8 Å². The lowest BCUT2D eigenvalue weighted by molar-refractivity contribution is 0.102. The number of rotatable bonds is 3. The van der Waals surface area contributed by atoms with Gasteiger partial charge in [0, 0.05) is 11.3 Å². The number of anilines is 1. The second-order valence-corrected chi connectivity index (χ2v) is 3.33. The van der Waals surface area contributed by atoms with Gasteiger partial charge < -0.3 is 5.32 Å². The minimum atomic E-state index is -0.289. The summed E-state index contributed by atoms with van der Waals surface area (Å²) in [7, 11) is 0. The molecule has 0 fully saturated rings. The number of hydrogen-bond acceptors (Lipinski definition) is 4. The van der Waals surface area contributed by atoms with Gasteiger partial charge in [0.1, 0.15) is 6.29 Å². The van der Waals surface area contributed by atoms with E-state index in [4.69, 9.17) is 0 Å². The Morgan fingerprint density at radius 2 is 2.12 bits per heavy atom. The van der Waals surface area contributed by atoms with Gasteiger partial charge in [-0.05, 0) is 18.2 Å². The van der Waals surface area contributed by atoms with E-state index in [1.165, 1.54) is 12.4 Å². The molecule has 0 saturated carbocycles. The summed E-state index contributed by atoms with van der Waals surface area (Å²) in [5.41, 5.74) is 1.49. The molecule has 5 nitrogen and oxygen atoms in total. The second kappa shape index (κ2) is 4.98. The van der Waals surface area contributed by atoms with Crippen molar-refractivity contribution in [2.75, 3.05) is 5.32 Å². The maximum absolute atomic E-state index is 11.7. The van der Waals surface area contributed by atoms with Gasteiger partial charge in [0.05, 0.1) is 18.0 Å². The summed E-state index contributed by atoms with van der Waals surface area (Å²) in [6.07, 6.45) is 3.54. The largest absolute Gasteiger partial charge is 0.322 e.